The second-order valence-electron chi connectivity index (χ2n) is 6.70. The Bertz CT molecular complexity index is 360. The molecule has 0 aliphatic rings. The summed E-state index contributed by atoms with van der Waals surface area (Å²) in [6, 6.07) is 8.82. The average Bonchev–Trinajstić information content (AvgIpc) is 2.25. The van der Waals surface area contributed by atoms with E-state index >= 15 is 0 Å². The van der Waals surface area contributed by atoms with E-state index in [-0.39, 0.29) is 0 Å². The van der Waals surface area contributed by atoms with Gasteiger partial charge < -0.3 is 4.43 Å². The van der Waals surface area contributed by atoms with Crippen LogP contribution in [-0.4, -0.2) is 14.9 Å². The van der Waals surface area contributed by atoms with Gasteiger partial charge in [0.05, 0.1) is 0 Å². The summed E-state index contributed by atoms with van der Waals surface area (Å²) >= 11 is 0. The van der Waals surface area contributed by atoms with Crippen molar-refractivity contribution in [1.29, 1.82) is 0 Å². The molecule has 0 aromatic heterocycles. The number of hydrogen-bond donors (Lipinski definition) is 0. The Morgan fingerprint density at radius 2 is 1.61 bits per heavy atom. The van der Waals surface area contributed by atoms with Crippen molar-refractivity contribution in [3.8, 4) is 0 Å². The molecule has 0 aliphatic carbocycles. The summed E-state index contributed by atoms with van der Waals surface area (Å²) in [5.41, 5.74) is 2.75. The fraction of sp³-hybridized carbons (Fsp3) is 0.625. The first kappa shape index (κ1) is 15.5. The Morgan fingerprint density at radius 3 is 2.11 bits per heavy atom. The fourth-order valence-corrected chi connectivity index (χ4v) is 2.66. The quantitative estimate of drug-likeness (QED) is 0.540. The molecule has 1 aromatic carbocycles. The maximum Gasteiger partial charge on any atom is 0.191 e. The molecule has 18 heavy (non-hydrogen) atoms. The maximum atomic E-state index is 6.18. The summed E-state index contributed by atoms with van der Waals surface area (Å²) in [5, 5.41) is 0.316. The first-order valence-corrected chi connectivity index (χ1v) is 9.83. The van der Waals surface area contributed by atoms with Gasteiger partial charge in [0.25, 0.3) is 0 Å². The van der Waals surface area contributed by atoms with Crippen molar-refractivity contribution in [2.45, 2.75) is 58.7 Å². The lowest BCUT2D eigenvalue weighted by atomic mass is 10.1. The molecule has 0 saturated carbocycles. The van der Waals surface area contributed by atoms with Crippen LogP contribution >= 0.6 is 0 Å². The van der Waals surface area contributed by atoms with Crippen LogP contribution in [0.1, 0.15) is 38.3 Å². The van der Waals surface area contributed by atoms with Crippen LogP contribution in [0.5, 0.6) is 0 Å². The molecule has 1 rings (SSSR count). The monoisotopic (exact) mass is 264 g/mol. The zero-order valence-corrected chi connectivity index (χ0v) is 13.8. The number of hydrogen-bond acceptors (Lipinski definition) is 1. The number of rotatable bonds is 5. The molecule has 102 valence electrons. The van der Waals surface area contributed by atoms with E-state index in [1.165, 1.54) is 11.1 Å². The Labute approximate surface area is 114 Å². The van der Waals surface area contributed by atoms with Gasteiger partial charge >= 0.3 is 0 Å². The van der Waals surface area contributed by atoms with Gasteiger partial charge in [0.1, 0.15) is 0 Å². The molecule has 1 nitrogen and oxygen atoms in total. The molecule has 0 bridgehead atoms. The van der Waals surface area contributed by atoms with Gasteiger partial charge in [-0.3, -0.25) is 0 Å². The van der Waals surface area contributed by atoms with Gasteiger partial charge in [-0.15, -0.1) is 0 Å². The third-order valence-electron chi connectivity index (χ3n) is 4.00. The van der Waals surface area contributed by atoms with E-state index in [4.69, 9.17) is 4.43 Å². The minimum atomic E-state index is -1.55. The van der Waals surface area contributed by atoms with Gasteiger partial charge in [-0.05, 0) is 43.5 Å². The van der Waals surface area contributed by atoms with E-state index in [1.807, 2.05) is 0 Å². The van der Waals surface area contributed by atoms with Crippen molar-refractivity contribution in [2.75, 3.05) is 6.61 Å². The van der Waals surface area contributed by atoms with Crippen LogP contribution in [0.25, 0.3) is 0 Å². The lowest BCUT2D eigenvalue weighted by Gasteiger charge is -2.36. The zero-order valence-electron chi connectivity index (χ0n) is 12.8. The first-order chi connectivity index (χ1) is 8.22. The van der Waals surface area contributed by atoms with Crippen molar-refractivity contribution in [3.05, 3.63) is 35.4 Å². The Morgan fingerprint density at radius 1 is 1.06 bits per heavy atom. The SMILES string of the molecule is Cc1ccc(CCCO[Si](C)(C)C(C)(C)C)cc1. The van der Waals surface area contributed by atoms with Crippen molar-refractivity contribution >= 4 is 8.32 Å². The molecule has 0 amide bonds. The zero-order chi connectivity index (χ0) is 13.8. The summed E-state index contributed by atoms with van der Waals surface area (Å²) in [7, 11) is -1.55. The largest absolute Gasteiger partial charge is 0.417 e. The van der Waals surface area contributed by atoms with E-state index in [9.17, 15) is 0 Å². The first-order valence-electron chi connectivity index (χ1n) is 6.92. The molecule has 0 heterocycles. The highest BCUT2D eigenvalue weighted by Gasteiger charge is 2.36. The van der Waals surface area contributed by atoms with Crippen LogP contribution in [-0.2, 0) is 10.8 Å². The van der Waals surface area contributed by atoms with Crippen molar-refractivity contribution in [2.24, 2.45) is 0 Å². The second-order valence-corrected chi connectivity index (χ2v) is 11.5. The number of aryl methyl sites for hydroxylation is 2. The highest BCUT2D eigenvalue weighted by Crippen LogP contribution is 2.36. The second kappa shape index (κ2) is 6.03. The molecule has 0 aliphatic heterocycles. The summed E-state index contributed by atoms with van der Waals surface area (Å²) in [6.45, 7) is 14.5. The summed E-state index contributed by atoms with van der Waals surface area (Å²) in [5.74, 6) is 0. The van der Waals surface area contributed by atoms with Crippen molar-refractivity contribution < 1.29 is 4.43 Å². The maximum absolute atomic E-state index is 6.18. The van der Waals surface area contributed by atoms with Crippen LogP contribution < -0.4 is 0 Å². The molecule has 0 N–H and O–H groups in total. The highest BCUT2D eigenvalue weighted by molar-refractivity contribution is 6.74. The minimum absolute atomic E-state index is 0.316. The molecule has 0 saturated heterocycles. The number of benzene rings is 1. The third-order valence-corrected chi connectivity index (χ3v) is 8.54. The summed E-state index contributed by atoms with van der Waals surface area (Å²) in [6.07, 6.45) is 2.24. The Kier molecular flexibility index (Phi) is 5.17. The van der Waals surface area contributed by atoms with Crippen LogP contribution in [0.4, 0.5) is 0 Å². The highest BCUT2D eigenvalue weighted by atomic mass is 28.4. The molecule has 0 fully saturated rings. The van der Waals surface area contributed by atoms with E-state index in [0.29, 0.717) is 5.04 Å². The lowest BCUT2D eigenvalue weighted by Crippen LogP contribution is -2.41. The van der Waals surface area contributed by atoms with E-state index in [1.54, 1.807) is 0 Å². The van der Waals surface area contributed by atoms with E-state index < -0.39 is 8.32 Å². The summed E-state index contributed by atoms with van der Waals surface area (Å²) < 4.78 is 6.18. The third kappa shape index (κ3) is 4.58. The molecule has 0 unspecified atom stereocenters. The molecular weight excluding hydrogens is 236 g/mol. The van der Waals surface area contributed by atoms with Crippen LogP contribution in [0.2, 0.25) is 18.1 Å². The lowest BCUT2D eigenvalue weighted by molar-refractivity contribution is 0.282. The van der Waals surface area contributed by atoms with Crippen LogP contribution in [0.15, 0.2) is 24.3 Å². The minimum Gasteiger partial charge on any atom is -0.417 e. The Hall–Kier alpha value is -0.603. The molecule has 1 aromatic rings. The molecular formula is C16H28OSi. The van der Waals surface area contributed by atoms with Crippen molar-refractivity contribution in [1.82, 2.24) is 0 Å². The van der Waals surface area contributed by atoms with Gasteiger partial charge in [0, 0.05) is 6.61 Å². The van der Waals surface area contributed by atoms with Gasteiger partial charge in [0.2, 0.25) is 0 Å². The standard InChI is InChI=1S/C16H28OSi/c1-14-9-11-15(12-10-14)8-7-13-17-18(5,6)16(2,3)4/h9-12H,7-8,13H2,1-6H3. The Balaban J connectivity index is 2.33. The van der Waals surface area contributed by atoms with Gasteiger partial charge in [0.15, 0.2) is 8.32 Å². The van der Waals surface area contributed by atoms with Crippen LogP contribution in [0.3, 0.4) is 0 Å². The normalized spacial score (nSPS) is 12.8. The van der Waals surface area contributed by atoms with Crippen molar-refractivity contribution in [3.63, 3.8) is 0 Å². The van der Waals surface area contributed by atoms with E-state index in [0.717, 1.165) is 19.4 Å². The fourth-order valence-electron chi connectivity index (χ4n) is 1.57. The molecule has 2 heteroatoms. The molecule has 0 atom stereocenters. The van der Waals surface area contributed by atoms with Gasteiger partial charge in [-0.1, -0.05) is 50.6 Å². The molecule has 0 spiro atoms. The smallest absolute Gasteiger partial charge is 0.191 e. The van der Waals surface area contributed by atoms with E-state index in [2.05, 4.69) is 65.1 Å². The van der Waals surface area contributed by atoms with Crippen LogP contribution in [0, 0.1) is 6.92 Å². The molecule has 0 radical (unpaired) electrons. The van der Waals surface area contributed by atoms with Gasteiger partial charge in [-0.2, -0.15) is 0 Å². The van der Waals surface area contributed by atoms with Gasteiger partial charge in [-0.25, -0.2) is 0 Å². The average molecular weight is 264 g/mol. The predicted octanol–water partition coefficient (Wildman–Crippen LogP) is 4.95. The summed E-state index contributed by atoms with van der Waals surface area (Å²) in [4.78, 5) is 0. The topological polar surface area (TPSA) is 9.23 Å². The predicted molar refractivity (Wildman–Crippen MR) is 82.6 cm³/mol.